The van der Waals surface area contributed by atoms with E-state index >= 15 is 0 Å². The molecule has 0 radical (unpaired) electrons. The van der Waals surface area contributed by atoms with Crippen LogP contribution >= 0.6 is 0 Å². The number of hydrogen-bond donors (Lipinski definition) is 0. The van der Waals surface area contributed by atoms with Crippen LogP contribution < -0.4 is 33.2 Å². The monoisotopic (exact) mass is 430 g/mol. The summed E-state index contributed by atoms with van der Waals surface area (Å²) in [5.41, 5.74) is 2.12. The second-order valence-electron chi connectivity index (χ2n) is 7.99. The number of fused-ring (bicyclic) bond motifs is 1. The van der Waals surface area contributed by atoms with Crippen LogP contribution in [-0.2, 0) is 0 Å². The zero-order valence-corrected chi connectivity index (χ0v) is 19.1. The molecule has 0 amide bonds. The Morgan fingerprint density at radius 1 is 0.613 bits per heavy atom. The molecule has 7 heteroatoms. The second kappa shape index (κ2) is 8.29. The van der Waals surface area contributed by atoms with Crippen LogP contribution in [0, 0.1) is 11.8 Å². The molecule has 1 aliphatic carbocycles. The van der Waals surface area contributed by atoms with Gasteiger partial charge in [0.2, 0.25) is 18.3 Å². The zero-order chi connectivity index (χ0) is 22.3. The number of ether oxygens (including phenoxy) is 7. The van der Waals surface area contributed by atoms with Gasteiger partial charge >= 0.3 is 0 Å². The van der Waals surface area contributed by atoms with Gasteiger partial charge in [0, 0.05) is 17.2 Å². The molecule has 1 fully saturated rings. The van der Waals surface area contributed by atoms with Crippen molar-refractivity contribution in [3.8, 4) is 40.2 Å². The minimum absolute atomic E-state index is 0.148. The third kappa shape index (κ3) is 3.18. The molecule has 1 aliphatic heterocycles. The average molecular weight is 430 g/mol. The second-order valence-corrected chi connectivity index (χ2v) is 7.99. The van der Waals surface area contributed by atoms with E-state index in [1.165, 1.54) is 0 Å². The van der Waals surface area contributed by atoms with E-state index in [2.05, 4.69) is 13.8 Å². The van der Waals surface area contributed by atoms with Crippen molar-refractivity contribution in [1.29, 1.82) is 0 Å². The first-order chi connectivity index (χ1) is 15.0. The first-order valence-corrected chi connectivity index (χ1v) is 10.3. The lowest BCUT2D eigenvalue weighted by Crippen LogP contribution is -2.40. The lowest BCUT2D eigenvalue weighted by molar-refractivity contribution is 0.117. The van der Waals surface area contributed by atoms with Gasteiger partial charge in [0.25, 0.3) is 0 Å². The van der Waals surface area contributed by atoms with Crippen LogP contribution in [0.4, 0.5) is 0 Å². The molecule has 1 heterocycles. The molecule has 2 aromatic carbocycles. The largest absolute Gasteiger partial charge is 0.496 e. The standard InChI is InChI=1S/C24H30O7/c1-12-13(2)21(15-9-19(28-6)23-24(22(15)29-7)31-11-30-23)20(12)14-8-17(26-4)18(27-5)10-16(14)25-3/h8-10,12-13,20-21H,11H2,1-7H3/t12-,13+,20-,21+/m0/s1. The van der Waals surface area contributed by atoms with Gasteiger partial charge in [0.05, 0.1) is 35.5 Å². The third-order valence-corrected chi connectivity index (χ3v) is 6.82. The van der Waals surface area contributed by atoms with Crippen LogP contribution in [-0.4, -0.2) is 42.3 Å². The van der Waals surface area contributed by atoms with E-state index in [0.717, 1.165) is 16.9 Å². The molecule has 0 N–H and O–H groups in total. The van der Waals surface area contributed by atoms with Crippen molar-refractivity contribution in [2.75, 3.05) is 42.3 Å². The van der Waals surface area contributed by atoms with Crippen molar-refractivity contribution in [3.05, 3.63) is 29.3 Å². The molecule has 7 nitrogen and oxygen atoms in total. The molecule has 4 atom stereocenters. The highest BCUT2D eigenvalue weighted by molar-refractivity contribution is 5.66. The maximum absolute atomic E-state index is 5.81. The van der Waals surface area contributed by atoms with E-state index in [0.29, 0.717) is 46.3 Å². The van der Waals surface area contributed by atoms with Gasteiger partial charge in [-0.25, -0.2) is 0 Å². The predicted molar refractivity (Wildman–Crippen MR) is 116 cm³/mol. The summed E-state index contributed by atoms with van der Waals surface area (Å²) in [6.07, 6.45) is 0. The van der Waals surface area contributed by atoms with Crippen LogP contribution in [0.2, 0.25) is 0 Å². The predicted octanol–water partition coefficient (Wildman–Crippen LogP) is 4.61. The summed E-state index contributed by atoms with van der Waals surface area (Å²) < 4.78 is 39.6. The summed E-state index contributed by atoms with van der Waals surface area (Å²) in [5, 5.41) is 0. The van der Waals surface area contributed by atoms with E-state index in [9.17, 15) is 0 Å². The molecule has 31 heavy (non-hydrogen) atoms. The topological polar surface area (TPSA) is 64.6 Å². The average Bonchev–Trinajstić information content (AvgIpc) is 3.29. The molecular formula is C24H30O7. The van der Waals surface area contributed by atoms with Gasteiger partial charge in [-0.3, -0.25) is 0 Å². The molecule has 168 valence electrons. The van der Waals surface area contributed by atoms with E-state index in [1.54, 1.807) is 35.5 Å². The molecule has 4 rings (SSSR count). The summed E-state index contributed by atoms with van der Waals surface area (Å²) in [6.45, 7) is 4.67. The molecule has 0 unspecified atom stereocenters. The SMILES string of the molecule is COc1cc(OC)c([C@@H]2[C@@H](C)[C@@H](C)[C@@H]2c2cc(OC)c3c(c2OC)OCO3)cc1OC. The Morgan fingerprint density at radius 2 is 1.13 bits per heavy atom. The molecule has 2 aliphatic rings. The molecule has 0 aromatic heterocycles. The van der Waals surface area contributed by atoms with Gasteiger partial charge in [-0.15, -0.1) is 0 Å². The first-order valence-electron chi connectivity index (χ1n) is 10.3. The lowest BCUT2D eigenvalue weighted by atomic mass is 9.53. The van der Waals surface area contributed by atoms with E-state index in [4.69, 9.17) is 33.2 Å². The van der Waals surface area contributed by atoms with E-state index in [1.807, 2.05) is 18.2 Å². The minimum atomic E-state index is 0.148. The molecule has 0 spiro atoms. The van der Waals surface area contributed by atoms with E-state index in [-0.39, 0.29) is 18.6 Å². The van der Waals surface area contributed by atoms with Crippen LogP contribution in [0.1, 0.15) is 36.8 Å². The number of hydrogen-bond acceptors (Lipinski definition) is 7. The van der Waals surface area contributed by atoms with Gasteiger partial charge < -0.3 is 33.2 Å². The number of rotatable bonds is 7. The fourth-order valence-electron chi connectivity index (χ4n) is 5.07. The van der Waals surface area contributed by atoms with Gasteiger partial charge in [-0.2, -0.15) is 0 Å². The Kier molecular flexibility index (Phi) is 5.69. The molecule has 1 saturated carbocycles. The highest BCUT2D eigenvalue weighted by Gasteiger charge is 2.50. The Morgan fingerprint density at radius 3 is 1.71 bits per heavy atom. The Balaban J connectivity index is 1.86. The van der Waals surface area contributed by atoms with Crippen molar-refractivity contribution in [3.63, 3.8) is 0 Å². The smallest absolute Gasteiger partial charge is 0.231 e. The third-order valence-electron chi connectivity index (χ3n) is 6.82. The number of methoxy groups -OCH3 is 5. The van der Waals surface area contributed by atoms with Gasteiger partial charge in [-0.05, 0) is 35.8 Å². The zero-order valence-electron chi connectivity index (χ0n) is 19.1. The molecule has 0 saturated heterocycles. The van der Waals surface area contributed by atoms with E-state index < -0.39 is 0 Å². The highest BCUT2D eigenvalue weighted by atomic mass is 16.7. The summed E-state index contributed by atoms with van der Waals surface area (Å²) >= 11 is 0. The number of benzene rings is 2. The van der Waals surface area contributed by atoms with Gasteiger partial charge in [0.15, 0.2) is 23.0 Å². The Labute approximate surface area is 183 Å². The van der Waals surface area contributed by atoms with Crippen LogP contribution in [0.5, 0.6) is 40.2 Å². The molecule has 2 aromatic rings. The summed E-state index contributed by atoms with van der Waals surface area (Å²) in [6, 6.07) is 5.92. The quantitative estimate of drug-likeness (QED) is 0.635. The van der Waals surface area contributed by atoms with Crippen molar-refractivity contribution in [2.45, 2.75) is 25.7 Å². The fraction of sp³-hybridized carbons (Fsp3) is 0.500. The molecule has 0 bridgehead atoms. The van der Waals surface area contributed by atoms with Crippen molar-refractivity contribution >= 4 is 0 Å². The maximum Gasteiger partial charge on any atom is 0.231 e. The normalized spacial score (nSPS) is 23.7. The first kappa shape index (κ1) is 21.3. The minimum Gasteiger partial charge on any atom is -0.496 e. The van der Waals surface area contributed by atoms with Crippen LogP contribution in [0.3, 0.4) is 0 Å². The van der Waals surface area contributed by atoms with Crippen molar-refractivity contribution in [2.24, 2.45) is 11.8 Å². The van der Waals surface area contributed by atoms with Gasteiger partial charge in [0.1, 0.15) is 5.75 Å². The Bertz CT molecular complexity index is 971. The summed E-state index contributed by atoms with van der Waals surface area (Å²) in [5.74, 6) is 5.79. The van der Waals surface area contributed by atoms with Crippen molar-refractivity contribution in [1.82, 2.24) is 0 Å². The fourth-order valence-corrected chi connectivity index (χ4v) is 5.07. The van der Waals surface area contributed by atoms with Crippen LogP contribution in [0.25, 0.3) is 0 Å². The highest BCUT2D eigenvalue weighted by Crippen LogP contribution is 2.63. The Hall–Kier alpha value is -2.96. The van der Waals surface area contributed by atoms with Crippen LogP contribution in [0.15, 0.2) is 18.2 Å². The molecular weight excluding hydrogens is 400 g/mol. The summed E-state index contributed by atoms with van der Waals surface area (Å²) in [4.78, 5) is 0. The summed E-state index contributed by atoms with van der Waals surface area (Å²) in [7, 11) is 8.24. The maximum atomic E-state index is 5.81. The van der Waals surface area contributed by atoms with Crippen molar-refractivity contribution < 1.29 is 33.2 Å². The lowest BCUT2D eigenvalue weighted by Gasteiger charge is -2.50. The van der Waals surface area contributed by atoms with Gasteiger partial charge in [-0.1, -0.05) is 13.8 Å².